The molecule has 0 saturated carbocycles. The van der Waals surface area contributed by atoms with Gasteiger partial charge < -0.3 is 15.5 Å². The molecule has 4 rings (SSSR count). The van der Waals surface area contributed by atoms with Crippen LogP contribution in [-0.4, -0.2) is 40.6 Å². The Kier molecular flexibility index (Phi) is 8.17. The Bertz CT molecular complexity index is 1260. The van der Waals surface area contributed by atoms with Crippen LogP contribution in [0.15, 0.2) is 89.8 Å². The number of hydrogen-bond donors (Lipinski definition) is 2. The smallest absolute Gasteiger partial charge is 0.326 e. The second kappa shape index (κ2) is 11.5. The molecule has 0 aliphatic carbocycles. The number of alkyl halides is 3. The van der Waals surface area contributed by atoms with Crippen LogP contribution < -0.4 is 10.6 Å². The molecule has 1 fully saturated rings. The number of carbonyl (C=O) groups is 3. The molecule has 1 unspecified atom stereocenters. The highest BCUT2D eigenvalue weighted by atomic mass is 32.2. The molecule has 6 nitrogen and oxygen atoms in total. The molecule has 0 aromatic heterocycles. The first kappa shape index (κ1) is 26.3. The van der Waals surface area contributed by atoms with E-state index >= 15 is 0 Å². The first-order chi connectivity index (χ1) is 17.7. The van der Waals surface area contributed by atoms with Gasteiger partial charge in [-0.2, -0.15) is 13.2 Å². The van der Waals surface area contributed by atoms with E-state index in [1.165, 1.54) is 28.8 Å². The number of halogens is 3. The van der Waals surface area contributed by atoms with Crippen LogP contribution in [-0.2, 0) is 22.2 Å². The number of Topliss-reactive ketones (excluding diaryl/α,β-unsaturated/α-hetero) is 1. The molecule has 0 spiro atoms. The number of amides is 3. The zero-order chi connectivity index (χ0) is 26.4. The predicted octanol–water partition coefficient (Wildman–Crippen LogP) is 5.36. The van der Waals surface area contributed by atoms with Gasteiger partial charge in [-0.05, 0) is 35.9 Å². The van der Waals surface area contributed by atoms with Gasteiger partial charge in [-0.3, -0.25) is 9.59 Å². The van der Waals surface area contributed by atoms with Crippen molar-refractivity contribution in [3.63, 3.8) is 0 Å². The van der Waals surface area contributed by atoms with E-state index in [9.17, 15) is 27.6 Å². The van der Waals surface area contributed by atoms with Gasteiger partial charge in [0.15, 0.2) is 5.78 Å². The molecule has 192 valence electrons. The molecule has 2 N–H and O–H groups in total. The quantitative estimate of drug-likeness (QED) is 0.434. The van der Waals surface area contributed by atoms with Gasteiger partial charge in [0.05, 0.1) is 5.56 Å². The summed E-state index contributed by atoms with van der Waals surface area (Å²) >= 11 is 1.27. The van der Waals surface area contributed by atoms with Crippen molar-refractivity contribution in [2.45, 2.75) is 35.3 Å². The minimum Gasteiger partial charge on any atom is -0.326 e. The van der Waals surface area contributed by atoms with Crippen molar-refractivity contribution in [2.75, 3.05) is 11.9 Å². The van der Waals surface area contributed by atoms with Crippen LogP contribution in [0.1, 0.15) is 17.5 Å². The second-order valence-corrected chi connectivity index (χ2v) is 9.60. The van der Waals surface area contributed by atoms with Crippen LogP contribution in [0.5, 0.6) is 0 Å². The number of benzene rings is 3. The van der Waals surface area contributed by atoms with Gasteiger partial charge >= 0.3 is 12.2 Å². The van der Waals surface area contributed by atoms with Crippen molar-refractivity contribution in [3.05, 3.63) is 96.1 Å². The molecule has 1 aliphatic rings. The number of ketones is 1. The van der Waals surface area contributed by atoms with E-state index < -0.39 is 35.1 Å². The summed E-state index contributed by atoms with van der Waals surface area (Å²) in [4.78, 5) is 41.4. The van der Waals surface area contributed by atoms with Crippen molar-refractivity contribution >= 4 is 35.2 Å². The highest BCUT2D eigenvalue weighted by Gasteiger charge is 2.39. The van der Waals surface area contributed by atoms with Crippen LogP contribution in [0.3, 0.4) is 0 Å². The summed E-state index contributed by atoms with van der Waals surface area (Å²) < 4.78 is 39.2. The molecular formula is C27H24F3N3O3S. The molecule has 2 atom stereocenters. The molecule has 1 saturated heterocycles. The third-order valence-electron chi connectivity index (χ3n) is 5.77. The molecule has 3 amide bonds. The Morgan fingerprint density at radius 1 is 0.973 bits per heavy atom. The molecule has 10 heteroatoms. The lowest BCUT2D eigenvalue weighted by Gasteiger charge is -2.28. The minimum atomic E-state index is -4.56. The van der Waals surface area contributed by atoms with Crippen LogP contribution in [0.2, 0.25) is 0 Å². The lowest BCUT2D eigenvalue weighted by molar-refractivity contribution is -0.137. The fourth-order valence-electron chi connectivity index (χ4n) is 3.98. The summed E-state index contributed by atoms with van der Waals surface area (Å²) in [5.41, 5.74) is -0.191. The number of hydrogen-bond acceptors (Lipinski definition) is 4. The number of carbonyl (C=O) groups excluding carboxylic acids is 3. The van der Waals surface area contributed by atoms with Gasteiger partial charge in [-0.25, -0.2) is 4.79 Å². The standard InChI is InChI=1S/C27H24F3N3O3S/c28-27(29,30)19-10-7-11-20(17-19)31-26(36)32-22(16-18-8-3-1-4-9-18)24(35)33-15-14-23(34)25(33)37-21-12-5-2-6-13-21/h1-13,17,22,25H,14-16H2,(H2,31,32,36)/t22-,25?/m0/s1. The second-order valence-electron chi connectivity index (χ2n) is 8.45. The van der Waals surface area contributed by atoms with Gasteiger partial charge in [0.25, 0.3) is 0 Å². The van der Waals surface area contributed by atoms with Crippen molar-refractivity contribution < 1.29 is 27.6 Å². The van der Waals surface area contributed by atoms with Crippen molar-refractivity contribution in [1.29, 1.82) is 0 Å². The predicted molar refractivity (Wildman–Crippen MR) is 135 cm³/mol. The fraction of sp³-hybridized carbons (Fsp3) is 0.222. The largest absolute Gasteiger partial charge is 0.416 e. The van der Waals surface area contributed by atoms with E-state index in [0.29, 0.717) is 0 Å². The number of anilines is 1. The molecule has 1 heterocycles. The number of nitrogens with one attached hydrogen (secondary N) is 2. The normalized spacial score (nSPS) is 16.4. The molecule has 37 heavy (non-hydrogen) atoms. The minimum absolute atomic E-state index is 0.0629. The van der Waals surface area contributed by atoms with Crippen molar-refractivity contribution in [3.8, 4) is 0 Å². The first-order valence-corrected chi connectivity index (χ1v) is 12.4. The zero-order valence-electron chi connectivity index (χ0n) is 19.6. The van der Waals surface area contributed by atoms with Crippen LogP contribution in [0, 0.1) is 0 Å². The van der Waals surface area contributed by atoms with E-state index in [1.807, 2.05) is 36.4 Å². The average molecular weight is 528 g/mol. The van der Waals surface area contributed by atoms with Gasteiger partial charge in [-0.15, -0.1) is 0 Å². The molecule has 3 aromatic rings. The first-order valence-electron chi connectivity index (χ1n) is 11.5. The molecule has 0 radical (unpaired) electrons. The third kappa shape index (κ3) is 6.91. The zero-order valence-corrected chi connectivity index (χ0v) is 20.4. The van der Waals surface area contributed by atoms with E-state index in [1.54, 1.807) is 24.3 Å². The van der Waals surface area contributed by atoms with E-state index in [4.69, 9.17) is 0 Å². The monoisotopic (exact) mass is 527 g/mol. The fourth-order valence-corrected chi connectivity index (χ4v) is 5.13. The van der Waals surface area contributed by atoms with E-state index in [2.05, 4.69) is 10.6 Å². The lowest BCUT2D eigenvalue weighted by atomic mass is 10.0. The van der Waals surface area contributed by atoms with Gasteiger partial charge in [0.2, 0.25) is 5.91 Å². The Morgan fingerprint density at radius 2 is 1.65 bits per heavy atom. The molecule has 1 aliphatic heterocycles. The van der Waals surface area contributed by atoms with Crippen molar-refractivity contribution in [2.24, 2.45) is 0 Å². The highest BCUT2D eigenvalue weighted by Crippen LogP contribution is 2.32. The summed E-state index contributed by atoms with van der Waals surface area (Å²) in [6, 6.07) is 20.6. The van der Waals surface area contributed by atoms with Gasteiger partial charge in [0.1, 0.15) is 11.4 Å². The summed E-state index contributed by atoms with van der Waals surface area (Å²) in [6.07, 6.45) is -4.22. The topological polar surface area (TPSA) is 78.5 Å². The Labute approximate surface area is 216 Å². The molecule has 3 aromatic carbocycles. The number of rotatable bonds is 7. The lowest BCUT2D eigenvalue weighted by Crippen LogP contribution is -2.52. The van der Waals surface area contributed by atoms with Crippen LogP contribution in [0.25, 0.3) is 0 Å². The maximum atomic E-state index is 13.6. The average Bonchev–Trinajstić information content (AvgIpc) is 3.24. The number of nitrogens with zero attached hydrogens (tertiary/aromatic N) is 1. The van der Waals surface area contributed by atoms with Gasteiger partial charge in [0, 0.05) is 30.0 Å². The van der Waals surface area contributed by atoms with E-state index in [-0.39, 0.29) is 30.9 Å². The summed E-state index contributed by atoms with van der Waals surface area (Å²) in [5, 5.41) is 4.25. The van der Waals surface area contributed by atoms with Crippen LogP contribution in [0.4, 0.5) is 23.7 Å². The molecular weight excluding hydrogens is 503 g/mol. The van der Waals surface area contributed by atoms with Crippen molar-refractivity contribution in [1.82, 2.24) is 10.2 Å². The number of thioether (sulfide) groups is 1. The Balaban J connectivity index is 1.53. The van der Waals surface area contributed by atoms with Gasteiger partial charge in [-0.1, -0.05) is 66.4 Å². The molecule has 0 bridgehead atoms. The maximum absolute atomic E-state index is 13.6. The summed E-state index contributed by atoms with van der Waals surface area (Å²) in [5.74, 6) is -0.531. The third-order valence-corrected chi connectivity index (χ3v) is 7.05. The number of urea groups is 1. The SMILES string of the molecule is O=C(Nc1cccc(C(F)(F)F)c1)N[C@@H](Cc1ccccc1)C(=O)N1CCC(=O)C1Sc1ccccc1. The number of likely N-dealkylation sites (tertiary alicyclic amines) is 1. The summed E-state index contributed by atoms with van der Waals surface area (Å²) in [7, 11) is 0. The van der Waals surface area contributed by atoms with E-state index in [0.717, 1.165) is 22.6 Å². The van der Waals surface area contributed by atoms with Crippen LogP contribution >= 0.6 is 11.8 Å². The highest BCUT2D eigenvalue weighted by molar-refractivity contribution is 8.00. The Morgan fingerprint density at radius 3 is 2.32 bits per heavy atom. The maximum Gasteiger partial charge on any atom is 0.416 e. The summed E-state index contributed by atoms with van der Waals surface area (Å²) in [6.45, 7) is 0.213. The Hall–Kier alpha value is -3.79.